The van der Waals surface area contributed by atoms with Crippen molar-refractivity contribution in [3.8, 4) is 5.75 Å². The average Bonchev–Trinajstić information content (AvgIpc) is 2.65. The molecule has 0 saturated carbocycles. The van der Waals surface area contributed by atoms with Crippen LogP contribution in [0.2, 0.25) is 0 Å². The minimum absolute atomic E-state index is 0.121. The molecule has 0 bridgehead atoms. The molecule has 0 radical (unpaired) electrons. The Morgan fingerprint density at radius 2 is 1.89 bits per heavy atom. The van der Waals surface area contributed by atoms with Gasteiger partial charge in [0, 0.05) is 6.42 Å². The molecule has 19 heavy (non-hydrogen) atoms. The number of halogens is 5. The van der Waals surface area contributed by atoms with Gasteiger partial charge in [-0.15, -0.1) is 0 Å². The van der Waals surface area contributed by atoms with Crippen LogP contribution in [0.5, 0.6) is 5.75 Å². The van der Waals surface area contributed by atoms with Gasteiger partial charge in [-0.1, -0.05) is 12.1 Å². The van der Waals surface area contributed by atoms with Gasteiger partial charge in [-0.2, -0.15) is 22.0 Å². The van der Waals surface area contributed by atoms with Crippen LogP contribution >= 0.6 is 0 Å². The number of alkyl halides is 5. The highest BCUT2D eigenvalue weighted by atomic mass is 19.4. The van der Waals surface area contributed by atoms with Gasteiger partial charge in [0.1, 0.15) is 17.9 Å². The average molecular weight is 281 g/mol. The lowest BCUT2D eigenvalue weighted by Crippen LogP contribution is -2.45. The van der Waals surface area contributed by atoms with E-state index in [0.717, 1.165) is 6.07 Å². The van der Waals surface area contributed by atoms with E-state index in [-0.39, 0.29) is 11.7 Å². The van der Waals surface area contributed by atoms with E-state index in [1.807, 2.05) is 0 Å². The summed E-state index contributed by atoms with van der Waals surface area (Å²) in [5.41, 5.74) is 5.42. The first-order valence-electron chi connectivity index (χ1n) is 5.62. The summed E-state index contributed by atoms with van der Waals surface area (Å²) in [5.74, 6) is -4.47. The lowest BCUT2D eigenvalue weighted by atomic mass is 9.97. The Morgan fingerprint density at radius 1 is 1.26 bits per heavy atom. The molecule has 2 atom stereocenters. The Bertz CT molecular complexity index is 485. The van der Waals surface area contributed by atoms with Crippen LogP contribution in [0.4, 0.5) is 22.0 Å². The smallest absolute Gasteiger partial charge is 0.455 e. The molecule has 0 amide bonds. The molecule has 0 aliphatic carbocycles. The number of benzene rings is 1. The van der Waals surface area contributed by atoms with Gasteiger partial charge in [-0.3, -0.25) is 0 Å². The highest BCUT2D eigenvalue weighted by Crippen LogP contribution is 2.44. The summed E-state index contributed by atoms with van der Waals surface area (Å²) in [6.07, 6.45) is -5.33. The number of hydrogen-bond acceptors (Lipinski definition) is 2. The van der Waals surface area contributed by atoms with Crippen LogP contribution in [0.3, 0.4) is 0 Å². The summed E-state index contributed by atoms with van der Waals surface area (Å²) in [6.45, 7) is 1.78. The molecule has 2 rings (SSSR count). The number of hydrogen-bond donors (Lipinski definition) is 1. The first kappa shape index (κ1) is 14.0. The van der Waals surface area contributed by atoms with Crippen LogP contribution in [-0.2, 0) is 6.42 Å². The second-order valence-corrected chi connectivity index (χ2v) is 4.60. The number of nitrogens with two attached hydrogens (primary N) is 1. The van der Waals surface area contributed by atoms with Gasteiger partial charge in [-0.25, -0.2) is 0 Å². The summed E-state index contributed by atoms with van der Waals surface area (Å²) in [7, 11) is 0. The number of rotatable bonds is 2. The van der Waals surface area contributed by atoms with Crippen molar-refractivity contribution in [2.75, 3.05) is 0 Å². The largest absolute Gasteiger partial charge is 0.490 e. The molecule has 0 fully saturated rings. The maximum absolute atomic E-state index is 13.2. The molecule has 1 aliphatic heterocycles. The quantitative estimate of drug-likeness (QED) is 0.845. The second-order valence-electron chi connectivity index (χ2n) is 4.60. The Balaban J connectivity index is 2.31. The fourth-order valence-corrected chi connectivity index (χ4v) is 2.02. The first-order chi connectivity index (χ1) is 8.63. The molecule has 0 saturated heterocycles. The van der Waals surface area contributed by atoms with Gasteiger partial charge < -0.3 is 10.5 Å². The molecule has 2 nitrogen and oxygen atoms in total. The molecule has 1 heterocycles. The highest BCUT2D eigenvalue weighted by molar-refractivity contribution is 5.42. The summed E-state index contributed by atoms with van der Waals surface area (Å²) in [6, 6.07) is 1.35. The van der Waals surface area contributed by atoms with Crippen molar-refractivity contribution >= 4 is 0 Å². The minimum Gasteiger partial charge on any atom is -0.490 e. The summed E-state index contributed by atoms with van der Waals surface area (Å²) < 4.78 is 68.4. The third-order valence-electron chi connectivity index (χ3n) is 3.05. The summed E-state index contributed by atoms with van der Waals surface area (Å²) >= 11 is 0. The predicted molar refractivity (Wildman–Crippen MR) is 58.2 cm³/mol. The first-order valence-corrected chi connectivity index (χ1v) is 5.62. The fourth-order valence-electron chi connectivity index (χ4n) is 2.02. The third-order valence-corrected chi connectivity index (χ3v) is 3.05. The maximum Gasteiger partial charge on any atom is 0.455 e. The molecule has 1 aromatic carbocycles. The Morgan fingerprint density at radius 3 is 2.47 bits per heavy atom. The lowest BCUT2D eigenvalue weighted by Gasteiger charge is -2.26. The van der Waals surface area contributed by atoms with E-state index in [4.69, 9.17) is 10.5 Å². The van der Waals surface area contributed by atoms with Gasteiger partial charge in [0.25, 0.3) is 0 Å². The maximum atomic E-state index is 13.2. The van der Waals surface area contributed by atoms with E-state index in [1.165, 1.54) is 12.1 Å². The van der Waals surface area contributed by atoms with Crippen molar-refractivity contribution in [2.24, 2.45) is 5.73 Å². The van der Waals surface area contributed by atoms with Crippen LogP contribution in [0, 0.1) is 0 Å². The van der Waals surface area contributed by atoms with Crippen molar-refractivity contribution in [3.63, 3.8) is 0 Å². The Hall–Kier alpha value is -1.37. The predicted octanol–water partition coefficient (Wildman–Crippen LogP) is 3.21. The van der Waals surface area contributed by atoms with Crippen molar-refractivity contribution in [1.82, 2.24) is 0 Å². The van der Waals surface area contributed by atoms with E-state index in [0.29, 0.717) is 17.7 Å². The molecule has 2 N–H and O–H groups in total. The van der Waals surface area contributed by atoms with E-state index in [9.17, 15) is 22.0 Å². The monoisotopic (exact) mass is 281 g/mol. The number of ether oxygens (including phenoxy) is 1. The molecule has 2 unspecified atom stereocenters. The van der Waals surface area contributed by atoms with E-state index >= 15 is 0 Å². The zero-order chi connectivity index (χ0) is 14.4. The second kappa shape index (κ2) is 4.33. The number of fused-ring (bicyclic) bond motifs is 1. The standard InChI is InChI=1S/C12H12F5NO/c1-6-4-8-5-7(2-3-9(8)19-6)10(18)11(13,14)12(15,16)17/h2-3,5-6,10H,4,18H2,1H3. The Kier molecular flexibility index (Phi) is 3.20. The van der Waals surface area contributed by atoms with Gasteiger partial charge >= 0.3 is 12.1 Å². The molecule has 1 aromatic rings. The highest BCUT2D eigenvalue weighted by Gasteiger charge is 2.61. The van der Waals surface area contributed by atoms with Crippen LogP contribution < -0.4 is 10.5 Å². The fraction of sp³-hybridized carbons (Fsp3) is 0.500. The van der Waals surface area contributed by atoms with E-state index < -0.39 is 18.1 Å². The Labute approximate surface area is 106 Å². The molecule has 1 aliphatic rings. The SMILES string of the molecule is CC1Cc2cc(C(N)C(F)(F)C(F)(F)F)ccc2O1. The van der Waals surface area contributed by atoms with Crippen molar-refractivity contribution in [1.29, 1.82) is 0 Å². The lowest BCUT2D eigenvalue weighted by molar-refractivity contribution is -0.291. The van der Waals surface area contributed by atoms with Gasteiger partial charge in [0.2, 0.25) is 0 Å². The van der Waals surface area contributed by atoms with Crippen molar-refractivity contribution in [3.05, 3.63) is 29.3 Å². The normalized spacial score (nSPS) is 20.9. The summed E-state index contributed by atoms with van der Waals surface area (Å²) in [5, 5.41) is 0. The molecule has 0 spiro atoms. The van der Waals surface area contributed by atoms with Crippen LogP contribution in [-0.4, -0.2) is 18.2 Å². The minimum atomic E-state index is -5.67. The van der Waals surface area contributed by atoms with Gasteiger partial charge in [0.15, 0.2) is 0 Å². The van der Waals surface area contributed by atoms with Crippen LogP contribution in [0.25, 0.3) is 0 Å². The molecular weight excluding hydrogens is 269 g/mol. The van der Waals surface area contributed by atoms with E-state index in [2.05, 4.69) is 0 Å². The molecule has 7 heteroatoms. The molecular formula is C12H12F5NO. The van der Waals surface area contributed by atoms with Crippen LogP contribution in [0.15, 0.2) is 18.2 Å². The van der Waals surface area contributed by atoms with E-state index in [1.54, 1.807) is 6.92 Å². The zero-order valence-corrected chi connectivity index (χ0v) is 9.97. The third kappa shape index (κ3) is 2.39. The molecule has 0 aromatic heterocycles. The van der Waals surface area contributed by atoms with Crippen LogP contribution in [0.1, 0.15) is 24.1 Å². The summed E-state index contributed by atoms with van der Waals surface area (Å²) in [4.78, 5) is 0. The molecule has 106 valence electrons. The van der Waals surface area contributed by atoms with Gasteiger partial charge in [-0.05, 0) is 24.1 Å². The topological polar surface area (TPSA) is 35.2 Å². The van der Waals surface area contributed by atoms with Crippen molar-refractivity contribution in [2.45, 2.75) is 37.6 Å². The van der Waals surface area contributed by atoms with Gasteiger partial charge in [0.05, 0.1) is 0 Å². The zero-order valence-electron chi connectivity index (χ0n) is 9.97. The van der Waals surface area contributed by atoms with Crippen molar-refractivity contribution < 1.29 is 26.7 Å².